The van der Waals surface area contributed by atoms with Crippen LogP contribution in [-0.4, -0.2) is 72.6 Å². The highest BCUT2D eigenvalue weighted by molar-refractivity contribution is 6.46. The van der Waals surface area contributed by atoms with Crippen LogP contribution in [0.4, 0.5) is 0 Å². The van der Waals surface area contributed by atoms with E-state index in [1.165, 1.54) is 0 Å². The number of carbonyl (C=O) groups excluding carboxylic acids is 2. The second kappa shape index (κ2) is 12.9. The number of morpholine rings is 1. The first kappa shape index (κ1) is 26.9. The second-order valence-electron chi connectivity index (χ2n) is 9.79. The standard InChI is InChI=1S/C30H38N2O5/c1-3-4-5-18-37-25-9-6-8-24(21-25)27-26(28(33)23-12-10-22(2)11-13-23)29(34)30(35)32(27)15-7-14-31-16-19-36-20-17-31/h6,8-13,21,27,33H,3-5,7,14-20H2,1-2H3. The van der Waals surface area contributed by atoms with Crippen molar-refractivity contribution >= 4 is 17.4 Å². The van der Waals surface area contributed by atoms with Crippen LogP contribution in [0.5, 0.6) is 5.75 Å². The lowest BCUT2D eigenvalue weighted by Gasteiger charge is -2.29. The van der Waals surface area contributed by atoms with Crippen LogP contribution in [0, 0.1) is 6.92 Å². The molecule has 4 rings (SSSR count). The summed E-state index contributed by atoms with van der Waals surface area (Å²) in [5, 5.41) is 11.3. The second-order valence-corrected chi connectivity index (χ2v) is 9.79. The fourth-order valence-corrected chi connectivity index (χ4v) is 4.93. The number of rotatable bonds is 11. The molecular weight excluding hydrogens is 468 g/mol. The number of hydrogen-bond donors (Lipinski definition) is 1. The normalized spacial score (nSPS) is 19.9. The van der Waals surface area contributed by atoms with Gasteiger partial charge in [0.05, 0.1) is 31.4 Å². The Bertz CT molecular complexity index is 1110. The molecule has 2 aliphatic heterocycles. The van der Waals surface area contributed by atoms with Crippen LogP contribution in [0.1, 0.15) is 55.3 Å². The van der Waals surface area contributed by atoms with E-state index in [0.29, 0.717) is 37.7 Å². The SMILES string of the molecule is CCCCCOc1cccc(C2C(=C(O)c3ccc(C)cc3)C(=O)C(=O)N2CCCN2CCOCC2)c1. The fourth-order valence-electron chi connectivity index (χ4n) is 4.93. The number of carbonyl (C=O) groups is 2. The molecule has 7 heteroatoms. The van der Waals surface area contributed by atoms with Crippen LogP contribution < -0.4 is 4.74 Å². The Kier molecular flexibility index (Phi) is 9.36. The Morgan fingerprint density at radius 2 is 1.78 bits per heavy atom. The van der Waals surface area contributed by atoms with E-state index in [4.69, 9.17) is 9.47 Å². The molecule has 37 heavy (non-hydrogen) atoms. The maximum Gasteiger partial charge on any atom is 0.295 e. The molecule has 1 N–H and O–H groups in total. The summed E-state index contributed by atoms with van der Waals surface area (Å²) in [6.07, 6.45) is 3.90. The summed E-state index contributed by atoms with van der Waals surface area (Å²) >= 11 is 0. The van der Waals surface area contributed by atoms with E-state index >= 15 is 0 Å². The number of benzene rings is 2. The molecule has 1 atom stereocenters. The highest BCUT2D eigenvalue weighted by atomic mass is 16.5. The Morgan fingerprint density at radius 1 is 1.03 bits per heavy atom. The van der Waals surface area contributed by atoms with E-state index in [1.807, 2.05) is 43.3 Å². The van der Waals surface area contributed by atoms with Gasteiger partial charge in [0.25, 0.3) is 11.7 Å². The minimum atomic E-state index is -0.676. The van der Waals surface area contributed by atoms with Crippen molar-refractivity contribution < 1.29 is 24.2 Å². The van der Waals surface area contributed by atoms with Crippen molar-refractivity contribution in [1.82, 2.24) is 9.80 Å². The zero-order chi connectivity index (χ0) is 26.2. The van der Waals surface area contributed by atoms with Gasteiger partial charge in [-0.25, -0.2) is 0 Å². The summed E-state index contributed by atoms with van der Waals surface area (Å²) in [7, 11) is 0. The van der Waals surface area contributed by atoms with Gasteiger partial charge in [0.1, 0.15) is 11.5 Å². The molecule has 2 heterocycles. The van der Waals surface area contributed by atoms with Gasteiger partial charge in [-0.2, -0.15) is 0 Å². The maximum absolute atomic E-state index is 13.3. The Labute approximate surface area is 219 Å². The smallest absolute Gasteiger partial charge is 0.295 e. The summed E-state index contributed by atoms with van der Waals surface area (Å²) in [6.45, 7) is 9.12. The summed E-state index contributed by atoms with van der Waals surface area (Å²) in [4.78, 5) is 30.5. The highest BCUT2D eigenvalue weighted by Crippen LogP contribution is 2.40. The van der Waals surface area contributed by atoms with Gasteiger partial charge in [0.15, 0.2) is 0 Å². The minimum absolute atomic E-state index is 0.128. The molecule has 0 aliphatic carbocycles. The van der Waals surface area contributed by atoms with Crippen LogP contribution in [-0.2, 0) is 14.3 Å². The number of aliphatic hydroxyl groups is 1. The zero-order valence-electron chi connectivity index (χ0n) is 21.9. The van der Waals surface area contributed by atoms with Crippen molar-refractivity contribution in [2.24, 2.45) is 0 Å². The number of likely N-dealkylation sites (tertiary alicyclic amines) is 1. The molecule has 2 saturated heterocycles. The van der Waals surface area contributed by atoms with Crippen LogP contribution >= 0.6 is 0 Å². The average Bonchev–Trinajstić information content (AvgIpc) is 3.17. The number of amides is 1. The van der Waals surface area contributed by atoms with Crippen molar-refractivity contribution in [2.75, 3.05) is 46.0 Å². The van der Waals surface area contributed by atoms with Gasteiger partial charge < -0.3 is 19.5 Å². The molecule has 0 bridgehead atoms. The average molecular weight is 507 g/mol. The van der Waals surface area contributed by atoms with Gasteiger partial charge in [-0.05, 0) is 37.5 Å². The van der Waals surface area contributed by atoms with E-state index in [0.717, 1.165) is 56.4 Å². The Morgan fingerprint density at radius 3 is 2.51 bits per heavy atom. The number of ketones is 1. The maximum atomic E-state index is 13.3. The summed E-state index contributed by atoms with van der Waals surface area (Å²) in [6, 6.07) is 14.2. The van der Waals surface area contributed by atoms with E-state index in [-0.39, 0.29) is 11.3 Å². The van der Waals surface area contributed by atoms with Crippen molar-refractivity contribution in [3.63, 3.8) is 0 Å². The van der Waals surface area contributed by atoms with Crippen molar-refractivity contribution in [1.29, 1.82) is 0 Å². The lowest BCUT2D eigenvalue weighted by atomic mass is 9.95. The number of unbranched alkanes of at least 4 members (excludes halogenated alkanes) is 2. The monoisotopic (exact) mass is 506 g/mol. The molecule has 2 fully saturated rings. The largest absolute Gasteiger partial charge is 0.507 e. The molecule has 1 amide bonds. The van der Waals surface area contributed by atoms with Crippen molar-refractivity contribution in [3.8, 4) is 5.75 Å². The third kappa shape index (κ3) is 6.59. The highest BCUT2D eigenvalue weighted by Gasteiger charge is 2.46. The summed E-state index contributed by atoms with van der Waals surface area (Å²) < 4.78 is 11.4. The van der Waals surface area contributed by atoms with Gasteiger partial charge >= 0.3 is 0 Å². The predicted octanol–water partition coefficient (Wildman–Crippen LogP) is 4.71. The third-order valence-corrected chi connectivity index (χ3v) is 7.03. The third-order valence-electron chi connectivity index (χ3n) is 7.03. The van der Waals surface area contributed by atoms with Crippen LogP contribution in [0.2, 0.25) is 0 Å². The number of nitrogens with zero attached hydrogens (tertiary/aromatic N) is 2. The number of aliphatic hydroxyl groups excluding tert-OH is 1. The van der Waals surface area contributed by atoms with Crippen molar-refractivity contribution in [2.45, 2.75) is 45.6 Å². The number of ether oxygens (including phenoxy) is 2. The number of Topliss-reactive ketones (excluding diaryl/α,β-unsaturated/α-hetero) is 1. The molecule has 0 radical (unpaired) electrons. The van der Waals surface area contributed by atoms with Gasteiger partial charge in [-0.15, -0.1) is 0 Å². The Hall–Kier alpha value is -3.16. The van der Waals surface area contributed by atoms with Gasteiger partial charge in [0.2, 0.25) is 0 Å². The molecule has 0 spiro atoms. The first-order chi connectivity index (χ1) is 18.0. The molecule has 2 aromatic carbocycles. The minimum Gasteiger partial charge on any atom is -0.507 e. The number of hydrogen-bond acceptors (Lipinski definition) is 6. The Balaban J connectivity index is 1.64. The van der Waals surface area contributed by atoms with Crippen LogP contribution in [0.25, 0.3) is 5.76 Å². The van der Waals surface area contributed by atoms with E-state index in [1.54, 1.807) is 17.0 Å². The molecule has 0 aromatic heterocycles. The molecule has 7 nitrogen and oxygen atoms in total. The molecule has 2 aromatic rings. The number of aryl methyl sites for hydroxylation is 1. The molecule has 2 aliphatic rings. The topological polar surface area (TPSA) is 79.3 Å². The fraction of sp³-hybridized carbons (Fsp3) is 0.467. The zero-order valence-corrected chi connectivity index (χ0v) is 21.9. The van der Waals surface area contributed by atoms with Gasteiger partial charge in [-0.3, -0.25) is 14.5 Å². The van der Waals surface area contributed by atoms with Crippen LogP contribution in [0.15, 0.2) is 54.1 Å². The van der Waals surface area contributed by atoms with E-state index in [9.17, 15) is 14.7 Å². The van der Waals surface area contributed by atoms with Gasteiger partial charge in [0, 0.05) is 31.7 Å². The van der Waals surface area contributed by atoms with E-state index in [2.05, 4.69) is 11.8 Å². The molecular formula is C30H38N2O5. The summed E-state index contributed by atoms with van der Waals surface area (Å²) in [5.74, 6) is -0.672. The van der Waals surface area contributed by atoms with Gasteiger partial charge in [-0.1, -0.05) is 61.7 Å². The lowest BCUT2D eigenvalue weighted by Crippen LogP contribution is -2.38. The quantitative estimate of drug-likeness (QED) is 0.206. The lowest BCUT2D eigenvalue weighted by molar-refractivity contribution is -0.140. The molecule has 0 saturated carbocycles. The van der Waals surface area contributed by atoms with Crippen LogP contribution in [0.3, 0.4) is 0 Å². The molecule has 198 valence electrons. The summed E-state index contributed by atoms with van der Waals surface area (Å²) in [5.41, 5.74) is 2.45. The van der Waals surface area contributed by atoms with E-state index < -0.39 is 17.7 Å². The predicted molar refractivity (Wildman–Crippen MR) is 144 cm³/mol. The van der Waals surface area contributed by atoms with Crippen molar-refractivity contribution in [3.05, 3.63) is 70.8 Å². The first-order valence-corrected chi connectivity index (χ1v) is 13.4. The molecule has 1 unspecified atom stereocenters. The first-order valence-electron chi connectivity index (χ1n) is 13.4.